The first-order valence-corrected chi connectivity index (χ1v) is 12.7. The predicted octanol–water partition coefficient (Wildman–Crippen LogP) is 4.28. The molecule has 0 radical (unpaired) electrons. The van der Waals surface area contributed by atoms with Crippen molar-refractivity contribution in [2.75, 3.05) is 25.1 Å². The van der Waals surface area contributed by atoms with Crippen LogP contribution in [-0.2, 0) is 14.8 Å². The third-order valence-corrected chi connectivity index (χ3v) is 7.83. The minimum atomic E-state index is -4.08. The Hall–Kier alpha value is -3.85. The van der Waals surface area contributed by atoms with E-state index in [9.17, 15) is 13.2 Å². The average Bonchev–Trinajstić information content (AvgIpc) is 2.87. The van der Waals surface area contributed by atoms with E-state index >= 15 is 0 Å². The summed E-state index contributed by atoms with van der Waals surface area (Å²) >= 11 is 0. The molecule has 3 aromatic rings. The van der Waals surface area contributed by atoms with Crippen LogP contribution in [0, 0.1) is 27.7 Å². The molecule has 0 aliphatic carbocycles. The number of hydrazone groups is 1. The number of amides is 1. The lowest BCUT2D eigenvalue weighted by molar-refractivity contribution is -0.119. The van der Waals surface area contributed by atoms with E-state index in [1.54, 1.807) is 30.5 Å². The molecule has 0 aromatic heterocycles. The summed E-state index contributed by atoms with van der Waals surface area (Å²) in [5.41, 5.74) is 7.84. The van der Waals surface area contributed by atoms with Crippen molar-refractivity contribution in [3.05, 3.63) is 82.4 Å². The van der Waals surface area contributed by atoms with Gasteiger partial charge >= 0.3 is 0 Å². The molecule has 9 heteroatoms. The molecule has 0 bridgehead atoms. The summed E-state index contributed by atoms with van der Waals surface area (Å²) in [7, 11) is -1.14. The summed E-state index contributed by atoms with van der Waals surface area (Å²) in [4.78, 5) is 12.9. The summed E-state index contributed by atoms with van der Waals surface area (Å²) in [6.45, 7) is 7.42. The molecule has 1 amide bonds. The third kappa shape index (κ3) is 5.85. The fourth-order valence-electron chi connectivity index (χ4n) is 3.59. The summed E-state index contributed by atoms with van der Waals surface area (Å²) in [6.07, 6.45) is 1.55. The number of carbonyl (C=O) groups excluding carboxylic acids is 1. The van der Waals surface area contributed by atoms with Gasteiger partial charge in [0.1, 0.15) is 6.54 Å². The maximum Gasteiger partial charge on any atom is 0.264 e. The number of sulfonamides is 1. The number of hydrogen-bond acceptors (Lipinski definition) is 6. The molecular formula is C27H31N3O5S. The monoisotopic (exact) mass is 509 g/mol. The fraction of sp³-hybridized carbons (Fsp3) is 0.259. The maximum absolute atomic E-state index is 13.6. The van der Waals surface area contributed by atoms with E-state index < -0.39 is 22.5 Å². The molecule has 36 heavy (non-hydrogen) atoms. The Morgan fingerprint density at radius 1 is 0.917 bits per heavy atom. The molecular weight excluding hydrogens is 478 g/mol. The van der Waals surface area contributed by atoms with Gasteiger partial charge in [0.15, 0.2) is 11.5 Å². The van der Waals surface area contributed by atoms with E-state index in [-0.39, 0.29) is 10.6 Å². The number of nitrogens with zero attached hydrogens (tertiary/aromatic N) is 2. The van der Waals surface area contributed by atoms with Gasteiger partial charge in [-0.2, -0.15) is 5.10 Å². The first-order valence-electron chi connectivity index (χ1n) is 11.3. The number of hydrogen-bond donors (Lipinski definition) is 1. The van der Waals surface area contributed by atoms with Gasteiger partial charge < -0.3 is 9.47 Å². The van der Waals surface area contributed by atoms with Crippen molar-refractivity contribution in [3.8, 4) is 11.5 Å². The van der Waals surface area contributed by atoms with Gasteiger partial charge in [0.2, 0.25) is 0 Å². The van der Waals surface area contributed by atoms with Gasteiger partial charge in [0, 0.05) is 6.07 Å². The van der Waals surface area contributed by atoms with Gasteiger partial charge in [-0.15, -0.1) is 0 Å². The van der Waals surface area contributed by atoms with Crippen LogP contribution in [0.15, 0.2) is 64.6 Å². The van der Waals surface area contributed by atoms with Crippen molar-refractivity contribution >= 4 is 27.8 Å². The van der Waals surface area contributed by atoms with Crippen LogP contribution < -0.4 is 19.2 Å². The Morgan fingerprint density at radius 3 is 2.22 bits per heavy atom. The number of methoxy groups -OCH3 is 2. The number of rotatable bonds is 9. The van der Waals surface area contributed by atoms with Crippen molar-refractivity contribution < 1.29 is 22.7 Å². The van der Waals surface area contributed by atoms with Gasteiger partial charge in [-0.25, -0.2) is 13.8 Å². The van der Waals surface area contributed by atoms with Gasteiger partial charge in [-0.1, -0.05) is 29.8 Å². The van der Waals surface area contributed by atoms with Gasteiger partial charge in [-0.3, -0.25) is 9.10 Å². The number of anilines is 1. The van der Waals surface area contributed by atoms with E-state index in [4.69, 9.17) is 9.47 Å². The van der Waals surface area contributed by atoms with E-state index in [0.29, 0.717) is 11.5 Å². The Kier molecular flexibility index (Phi) is 8.37. The number of ether oxygens (including phenoxy) is 2. The van der Waals surface area contributed by atoms with Crippen molar-refractivity contribution in [2.24, 2.45) is 5.10 Å². The first-order chi connectivity index (χ1) is 17.1. The molecule has 0 saturated carbocycles. The van der Waals surface area contributed by atoms with E-state index in [2.05, 4.69) is 10.5 Å². The van der Waals surface area contributed by atoms with Crippen molar-refractivity contribution in [3.63, 3.8) is 0 Å². The topological polar surface area (TPSA) is 97.3 Å². The van der Waals surface area contributed by atoms with Crippen LogP contribution in [0.5, 0.6) is 11.5 Å². The van der Waals surface area contributed by atoms with Gasteiger partial charge in [0.25, 0.3) is 15.9 Å². The summed E-state index contributed by atoms with van der Waals surface area (Å²) in [6, 6.07) is 15.0. The van der Waals surface area contributed by atoms with Crippen molar-refractivity contribution in [1.29, 1.82) is 0 Å². The van der Waals surface area contributed by atoms with E-state index in [1.807, 2.05) is 39.8 Å². The van der Waals surface area contributed by atoms with Crippen LogP contribution in [0.4, 0.5) is 5.69 Å². The molecule has 0 spiro atoms. The molecule has 8 nitrogen and oxygen atoms in total. The Balaban J connectivity index is 1.92. The highest BCUT2D eigenvalue weighted by Crippen LogP contribution is 2.33. The lowest BCUT2D eigenvalue weighted by Gasteiger charge is -2.24. The standard InChI is InChI=1S/C27H31N3O5S/c1-18-7-12-24(13-8-18)36(32,33)30(23-11-14-25(34-5)26(15-23)35-6)17-27(31)29-28-16-22-10-9-19(2)20(3)21(22)4/h7-16H,17H2,1-6H3,(H,29,31)/b28-16-. The molecule has 190 valence electrons. The highest BCUT2D eigenvalue weighted by Gasteiger charge is 2.28. The van der Waals surface area contributed by atoms with Gasteiger partial charge in [-0.05, 0) is 74.2 Å². The molecule has 0 fully saturated rings. The Morgan fingerprint density at radius 2 is 1.58 bits per heavy atom. The van der Waals surface area contributed by atoms with Gasteiger partial charge in [0.05, 0.1) is 31.0 Å². The van der Waals surface area contributed by atoms with Crippen LogP contribution in [0.2, 0.25) is 0 Å². The molecule has 0 heterocycles. The molecule has 3 rings (SSSR count). The lowest BCUT2D eigenvalue weighted by Crippen LogP contribution is -2.39. The number of aryl methyl sites for hydroxylation is 2. The zero-order valence-corrected chi connectivity index (χ0v) is 22.1. The second kappa shape index (κ2) is 11.3. The SMILES string of the molecule is COc1ccc(N(CC(=O)N/N=C\c2ccc(C)c(C)c2C)S(=O)(=O)c2ccc(C)cc2)cc1OC. The normalized spacial score (nSPS) is 11.4. The molecule has 0 atom stereocenters. The highest BCUT2D eigenvalue weighted by atomic mass is 32.2. The number of nitrogens with one attached hydrogen (secondary N) is 1. The smallest absolute Gasteiger partial charge is 0.264 e. The van der Waals surface area contributed by atoms with Crippen molar-refractivity contribution in [2.45, 2.75) is 32.6 Å². The Bertz CT molecular complexity index is 1380. The second-order valence-electron chi connectivity index (χ2n) is 8.38. The van der Waals surface area contributed by atoms with Crippen LogP contribution in [0.25, 0.3) is 0 Å². The minimum Gasteiger partial charge on any atom is -0.493 e. The molecule has 0 saturated heterocycles. The number of carbonyl (C=O) groups is 1. The minimum absolute atomic E-state index is 0.0601. The second-order valence-corrected chi connectivity index (χ2v) is 10.2. The van der Waals surface area contributed by atoms with Crippen LogP contribution in [-0.4, -0.2) is 41.3 Å². The third-order valence-electron chi connectivity index (χ3n) is 6.04. The zero-order chi connectivity index (χ0) is 26.5. The van der Waals surface area contributed by atoms with E-state index in [0.717, 1.165) is 26.6 Å². The van der Waals surface area contributed by atoms with E-state index in [1.165, 1.54) is 38.0 Å². The average molecular weight is 510 g/mol. The maximum atomic E-state index is 13.6. The molecule has 0 unspecified atom stereocenters. The molecule has 3 aromatic carbocycles. The summed E-state index contributed by atoms with van der Waals surface area (Å²) < 4.78 is 38.8. The summed E-state index contributed by atoms with van der Waals surface area (Å²) in [5.74, 6) is 0.174. The van der Waals surface area contributed by atoms with Crippen molar-refractivity contribution in [1.82, 2.24) is 5.43 Å². The van der Waals surface area contributed by atoms with Crippen LogP contribution in [0.1, 0.15) is 27.8 Å². The summed E-state index contributed by atoms with van der Waals surface area (Å²) in [5, 5.41) is 4.06. The molecule has 1 N–H and O–H groups in total. The first kappa shape index (κ1) is 26.7. The molecule has 0 aliphatic heterocycles. The highest BCUT2D eigenvalue weighted by molar-refractivity contribution is 7.92. The van der Waals surface area contributed by atoms with Crippen LogP contribution >= 0.6 is 0 Å². The quantitative estimate of drug-likeness (QED) is 0.343. The number of benzene rings is 3. The Labute approximate surface area is 212 Å². The lowest BCUT2D eigenvalue weighted by atomic mass is 10.00. The largest absolute Gasteiger partial charge is 0.493 e. The fourth-order valence-corrected chi connectivity index (χ4v) is 5.00. The predicted molar refractivity (Wildman–Crippen MR) is 142 cm³/mol. The van der Waals surface area contributed by atoms with Crippen LogP contribution in [0.3, 0.4) is 0 Å². The zero-order valence-electron chi connectivity index (χ0n) is 21.3. The molecule has 0 aliphatic rings.